The van der Waals surface area contributed by atoms with Gasteiger partial charge >= 0.3 is 0 Å². The van der Waals surface area contributed by atoms with E-state index in [1.165, 1.54) is 38.5 Å². The maximum atomic E-state index is 2.48. The van der Waals surface area contributed by atoms with Crippen LogP contribution in [0.2, 0.25) is 0 Å². The zero-order valence-corrected chi connectivity index (χ0v) is 37.5. The number of hydrogen-bond acceptors (Lipinski definition) is 3. The predicted molar refractivity (Wildman–Crippen MR) is 282 cm³/mol. The fraction of sp³-hybridized carbons (Fsp3) is 0.0476. The second kappa shape index (κ2) is 16.4. The van der Waals surface area contributed by atoms with E-state index in [9.17, 15) is 0 Å². The zero-order valence-electron chi connectivity index (χ0n) is 37.5. The molecule has 1 aliphatic carbocycles. The largest absolute Gasteiger partial charge is 0.311 e. The normalized spacial score (nSPS) is 12.4. The molecule has 0 spiro atoms. The molecule has 10 aromatic carbocycles. The second-order valence-corrected chi connectivity index (χ2v) is 17.8. The molecule has 12 rings (SSSR count). The first kappa shape index (κ1) is 40.0. The first-order valence-electron chi connectivity index (χ1n) is 23.1. The maximum absolute atomic E-state index is 2.48. The van der Waals surface area contributed by atoms with E-state index in [2.05, 4.69) is 288 Å². The minimum absolute atomic E-state index is 0.270. The van der Waals surface area contributed by atoms with Crippen LogP contribution in [0, 0.1) is 0 Å². The lowest BCUT2D eigenvalue weighted by molar-refractivity contribution is 0.661. The van der Waals surface area contributed by atoms with E-state index in [1.807, 2.05) is 0 Å². The molecule has 0 fully saturated rings. The van der Waals surface area contributed by atoms with Crippen molar-refractivity contribution >= 4 is 73.0 Å². The number of anilines is 9. The van der Waals surface area contributed by atoms with Gasteiger partial charge in [-0.2, -0.15) is 0 Å². The SMILES string of the molecule is CC1(C)c2cc(N(c3ccccc3)c3ccccc3)ccc2-c2cc3c4ccc(N(c5ccccc5)c5ccccc5)cc4n(-c4ccc(N(c5ccccc5)c5ccccc5)cc4)c3cc21. The fourth-order valence-corrected chi connectivity index (χ4v) is 10.3. The molecule has 0 aliphatic heterocycles. The van der Waals surface area contributed by atoms with Crippen LogP contribution in [-0.2, 0) is 5.41 Å². The van der Waals surface area contributed by atoms with E-state index in [4.69, 9.17) is 0 Å². The minimum Gasteiger partial charge on any atom is -0.311 e. The highest BCUT2D eigenvalue weighted by Crippen LogP contribution is 2.53. The van der Waals surface area contributed by atoms with Gasteiger partial charge in [0, 0.05) is 73.1 Å². The van der Waals surface area contributed by atoms with Gasteiger partial charge in [0.25, 0.3) is 0 Å². The Balaban J connectivity index is 1.05. The van der Waals surface area contributed by atoms with E-state index < -0.39 is 0 Å². The van der Waals surface area contributed by atoms with Crippen LogP contribution in [-0.4, -0.2) is 4.57 Å². The maximum Gasteiger partial charge on any atom is 0.0561 e. The highest BCUT2D eigenvalue weighted by atomic mass is 15.2. The van der Waals surface area contributed by atoms with Gasteiger partial charge in [0.1, 0.15) is 0 Å². The molecule has 0 bridgehead atoms. The molecule has 4 heteroatoms. The van der Waals surface area contributed by atoms with Crippen LogP contribution in [0.15, 0.2) is 255 Å². The van der Waals surface area contributed by atoms with Crippen molar-refractivity contribution in [3.8, 4) is 16.8 Å². The Morgan fingerprint density at radius 3 is 1.07 bits per heavy atom. The van der Waals surface area contributed by atoms with Gasteiger partial charge in [-0.1, -0.05) is 135 Å². The Labute approximate surface area is 392 Å². The van der Waals surface area contributed by atoms with E-state index in [-0.39, 0.29) is 5.41 Å². The van der Waals surface area contributed by atoms with Gasteiger partial charge in [-0.25, -0.2) is 0 Å². The van der Waals surface area contributed by atoms with Gasteiger partial charge < -0.3 is 19.3 Å². The molecule has 0 atom stereocenters. The number of para-hydroxylation sites is 6. The fourth-order valence-electron chi connectivity index (χ4n) is 10.3. The molecule has 320 valence electrons. The number of benzene rings is 10. The summed E-state index contributed by atoms with van der Waals surface area (Å²) in [7, 11) is 0. The Hall–Kier alpha value is -8.60. The molecule has 67 heavy (non-hydrogen) atoms. The topological polar surface area (TPSA) is 14.7 Å². The van der Waals surface area contributed by atoms with Crippen molar-refractivity contribution in [1.29, 1.82) is 0 Å². The summed E-state index contributed by atoms with van der Waals surface area (Å²) in [6.45, 7) is 4.78. The molecular formula is C63H48N4. The summed E-state index contributed by atoms with van der Waals surface area (Å²) in [6, 6.07) is 92.1. The lowest BCUT2D eigenvalue weighted by Gasteiger charge is -2.28. The summed E-state index contributed by atoms with van der Waals surface area (Å²) >= 11 is 0. The van der Waals surface area contributed by atoms with E-state index in [0.29, 0.717) is 0 Å². The molecule has 4 nitrogen and oxygen atoms in total. The number of aromatic nitrogens is 1. The third-order valence-corrected chi connectivity index (χ3v) is 13.5. The predicted octanol–water partition coefficient (Wildman–Crippen LogP) is 17.5. The van der Waals surface area contributed by atoms with E-state index >= 15 is 0 Å². The smallest absolute Gasteiger partial charge is 0.0561 e. The van der Waals surface area contributed by atoms with Crippen LogP contribution in [0.3, 0.4) is 0 Å². The van der Waals surface area contributed by atoms with Crippen LogP contribution < -0.4 is 14.7 Å². The summed E-state index contributed by atoms with van der Waals surface area (Å²) in [5.41, 5.74) is 18.4. The van der Waals surface area contributed by atoms with Gasteiger partial charge in [0.15, 0.2) is 0 Å². The summed E-state index contributed by atoms with van der Waals surface area (Å²) in [5, 5.41) is 2.44. The lowest BCUT2D eigenvalue weighted by Crippen LogP contribution is -2.16. The van der Waals surface area contributed by atoms with Crippen molar-refractivity contribution in [2.24, 2.45) is 0 Å². The summed E-state index contributed by atoms with van der Waals surface area (Å²) < 4.78 is 2.48. The Morgan fingerprint density at radius 2 is 0.627 bits per heavy atom. The molecule has 11 aromatic rings. The number of rotatable bonds is 10. The number of fused-ring (bicyclic) bond motifs is 6. The molecule has 1 heterocycles. The van der Waals surface area contributed by atoms with E-state index in [1.54, 1.807) is 0 Å². The monoisotopic (exact) mass is 860 g/mol. The average molecular weight is 861 g/mol. The van der Waals surface area contributed by atoms with Crippen LogP contribution in [0.25, 0.3) is 38.6 Å². The van der Waals surface area contributed by atoms with Gasteiger partial charge in [-0.3, -0.25) is 0 Å². The van der Waals surface area contributed by atoms with Crippen LogP contribution in [0.5, 0.6) is 0 Å². The summed E-state index contributed by atoms with van der Waals surface area (Å²) in [4.78, 5) is 7.04. The van der Waals surface area contributed by atoms with Gasteiger partial charge in [0.05, 0.1) is 11.0 Å². The van der Waals surface area contributed by atoms with Crippen molar-refractivity contribution < 1.29 is 0 Å². The van der Waals surface area contributed by atoms with Gasteiger partial charge in [0.2, 0.25) is 0 Å². The zero-order chi connectivity index (χ0) is 44.9. The van der Waals surface area contributed by atoms with Gasteiger partial charge in [-0.15, -0.1) is 0 Å². The minimum atomic E-state index is -0.270. The van der Waals surface area contributed by atoms with Crippen molar-refractivity contribution in [3.63, 3.8) is 0 Å². The lowest BCUT2D eigenvalue weighted by atomic mass is 9.82. The highest BCUT2D eigenvalue weighted by Gasteiger charge is 2.37. The molecule has 0 radical (unpaired) electrons. The van der Waals surface area contributed by atoms with Crippen molar-refractivity contribution in [2.45, 2.75) is 19.3 Å². The third-order valence-electron chi connectivity index (χ3n) is 13.5. The molecule has 0 amide bonds. The first-order valence-corrected chi connectivity index (χ1v) is 23.1. The quantitative estimate of drug-likeness (QED) is 0.136. The number of nitrogens with zero attached hydrogens (tertiary/aromatic N) is 4. The first-order chi connectivity index (χ1) is 33.0. The Bertz CT molecular complexity index is 3400. The van der Waals surface area contributed by atoms with Crippen molar-refractivity contribution in [2.75, 3.05) is 14.7 Å². The molecule has 0 saturated heterocycles. The summed E-state index contributed by atoms with van der Waals surface area (Å²) in [6.07, 6.45) is 0. The highest BCUT2D eigenvalue weighted by molar-refractivity contribution is 6.13. The Morgan fingerprint density at radius 1 is 0.284 bits per heavy atom. The van der Waals surface area contributed by atoms with E-state index in [0.717, 1.165) is 62.4 Å². The molecular weight excluding hydrogens is 813 g/mol. The molecule has 1 aliphatic rings. The van der Waals surface area contributed by atoms with Crippen molar-refractivity contribution in [3.05, 3.63) is 266 Å². The summed E-state index contributed by atoms with van der Waals surface area (Å²) in [5.74, 6) is 0. The van der Waals surface area contributed by atoms with Crippen LogP contribution in [0.1, 0.15) is 25.0 Å². The standard InChI is InChI=1S/C63H48N4/c1-63(2)59-41-53(65(47-25-13-5-14-26-47)48-27-15-6-16-28-48)37-39-55(59)57-43-58-56-40-38-54(66(49-29-17-7-18-30-49)50-31-19-8-20-32-50)42-61(56)67(62(58)44-60(57)63)52-35-33-51(34-36-52)64(45-21-9-3-10-22-45)46-23-11-4-12-24-46/h3-44H,1-2H3. The molecule has 0 saturated carbocycles. The van der Waals surface area contributed by atoms with Crippen LogP contribution >= 0.6 is 0 Å². The third kappa shape index (κ3) is 6.93. The molecule has 1 aromatic heterocycles. The number of hydrogen-bond donors (Lipinski definition) is 0. The van der Waals surface area contributed by atoms with Crippen LogP contribution in [0.4, 0.5) is 51.2 Å². The van der Waals surface area contributed by atoms with Crippen molar-refractivity contribution in [1.82, 2.24) is 4.57 Å². The second-order valence-electron chi connectivity index (χ2n) is 17.8. The molecule has 0 unspecified atom stereocenters. The average Bonchev–Trinajstić information content (AvgIpc) is 3.82. The molecule has 0 N–H and O–H groups in total. The van der Waals surface area contributed by atoms with Gasteiger partial charge in [-0.05, 0) is 156 Å². The Kier molecular flexibility index (Phi) is 9.80.